The molecule has 0 heterocycles. The van der Waals surface area contributed by atoms with Crippen LogP contribution in [-0.2, 0) is 6.18 Å². The van der Waals surface area contributed by atoms with Crippen LogP contribution in [-0.4, -0.2) is 19.2 Å². The number of hydrogen-bond donors (Lipinski definition) is 0. The Morgan fingerprint density at radius 1 is 1.13 bits per heavy atom. The van der Waals surface area contributed by atoms with Crippen LogP contribution in [0, 0.1) is 0 Å². The van der Waals surface area contributed by atoms with E-state index < -0.39 is 28.1 Å². The number of carbonyl (C=O) groups is 2. The average molecular weight is 343 g/mol. The van der Waals surface area contributed by atoms with Gasteiger partial charge in [-0.15, -0.1) is 0 Å². The summed E-state index contributed by atoms with van der Waals surface area (Å²) in [5, 5.41) is -0.639. The van der Waals surface area contributed by atoms with Gasteiger partial charge in [-0.05, 0) is 36.4 Å². The van der Waals surface area contributed by atoms with Crippen molar-refractivity contribution in [3.05, 3.63) is 63.7 Å². The summed E-state index contributed by atoms with van der Waals surface area (Å²) < 4.78 is 44.7. The molecule has 0 saturated heterocycles. The zero-order valence-corrected chi connectivity index (χ0v) is 12.5. The molecule has 0 aliphatic carbocycles. The first-order valence-corrected chi connectivity index (χ1v) is 6.71. The van der Waals surface area contributed by atoms with Crippen LogP contribution in [0.1, 0.15) is 31.8 Å². The molecule has 2 rings (SSSR count). The van der Waals surface area contributed by atoms with E-state index in [0.29, 0.717) is 5.75 Å². The minimum absolute atomic E-state index is 0.0123. The molecule has 0 fully saturated rings. The molecule has 0 aromatic heterocycles. The van der Waals surface area contributed by atoms with E-state index in [-0.39, 0.29) is 17.4 Å². The number of rotatable bonds is 4. The van der Waals surface area contributed by atoms with Crippen LogP contribution in [0.25, 0.3) is 0 Å². The highest BCUT2D eigenvalue weighted by atomic mass is 35.5. The van der Waals surface area contributed by atoms with Crippen LogP contribution in [0.5, 0.6) is 5.75 Å². The Balaban J connectivity index is 2.66. The Bertz CT molecular complexity index is 752. The first kappa shape index (κ1) is 17.0. The fourth-order valence-electron chi connectivity index (χ4n) is 2.10. The monoisotopic (exact) mass is 342 g/mol. The molecule has 0 atom stereocenters. The molecule has 0 aliphatic rings. The minimum Gasteiger partial charge on any atom is -0.497 e. The summed E-state index contributed by atoms with van der Waals surface area (Å²) in [6, 6.07) is 7.53. The quantitative estimate of drug-likeness (QED) is 0.610. The second-order valence-corrected chi connectivity index (χ2v) is 4.97. The van der Waals surface area contributed by atoms with Crippen LogP contribution >= 0.6 is 11.6 Å². The third-order valence-corrected chi connectivity index (χ3v) is 3.49. The van der Waals surface area contributed by atoms with Crippen molar-refractivity contribution < 1.29 is 27.5 Å². The van der Waals surface area contributed by atoms with Crippen molar-refractivity contribution in [2.45, 2.75) is 6.18 Å². The molecule has 0 radical (unpaired) electrons. The molecule has 0 spiro atoms. The highest BCUT2D eigenvalue weighted by molar-refractivity contribution is 6.32. The zero-order chi connectivity index (χ0) is 17.2. The molecule has 2 aromatic carbocycles. The van der Waals surface area contributed by atoms with Gasteiger partial charge in [-0.1, -0.05) is 11.6 Å². The molecular formula is C16H10ClF3O3. The second-order valence-electron chi connectivity index (χ2n) is 4.56. The van der Waals surface area contributed by atoms with Crippen LogP contribution < -0.4 is 4.74 Å². The number of benzene rings is 2. The van der Waals surface area contributed by atoms with Crippen molar-refractivity contribution in [1.82, 2.24) is 0 Å². The van der Waals surface area contributed by atoms with Gasteiger partial charge in [0.2, 0.25) is 0 Å². The standard InChI is InChI=1S/C16H10ClF3O3/c1-23-11-5-2-9(3-6-11)15(22)13-10(8-21)4-7-12(17)14(13)16(18,19)20/h2-8H,1H3. The van der Waals surface area contributed by atoms with E-state index >= 15 is 0 Å². The molecule has 2 aromatic rings. The summed E-state index contributed by atoms with van der Waals surface area (Å²) in [5.74, 6) is -0.496. The molecule has 0 saturated carbocycles. The van der Waals surface area contributed by atoms with Gasteiger partial charge in [0.1, 0.15) is 5.75 Å². The number of methoxy groups -OCH3 is 1. The van der Waals surface area contributed by atoms with Crippen molar-refractivity contribution in [2.24, 2.45) is 0 Å². The molecule has 0 unspecified atom stereocenters. The maximum Gasteiger partial charge on any atom is 0.418 e. The van der Waals surface area contributed by atoms with Crippen molar-refractivity contribution in [3.8, 4) is 5.75 Å². The molecule has 120 valence electrons. The number of ketones is 1. The first-order chi connectivity index (χ1) is 10.8. The van der Waals surface area contributed by atoms with Crippen LogP contribution in [0.15, 0.2) is 36.4 Å². The fourth-order valence-corrected chi connectivity index (χ4v) is 2.36. The van der Waals surface area contributed by atoms with Gasteiger partial charge in [-0.3, -0.25) is 9.59 Å². The lowest BCUT2D eigenvalue weighted by atomic mass is 9.93. The van der Waals surface area contributed by atoms with E-state index in [1.54, 1.807) is 0 Å². The Labute approximate surface area is 134 Å². The minimum atomic E-state index is -4.87. The molecular weight excluding hydrogens is 333 g/mol. The van der Waals surface area contributed by atoms with E-state index in [4.69, 9.17) is 16.3 Å². The molecule has 0 amide bonds. The van der Waals surface area contributed by atoms with Crippen LogP contribution in [0.4, 0.5) is 13.2 Å². The van der Waals surface area contributed by atoms with E-state index in [9.17, 15) is 22.8 Å². The van der Waals surface area contributed by atoms with Gasteiger partial charge in [0.25, 0.3) is 0 Å². The molecule has 0 N–H and O–H groups in total. The van der Waals surface area contributed by atoms with Gasteiger partial charge in [-0.25, -0.2) is 0 Å². The largest absolute Gasteiger partial charge is 0.497 e. The molecule has 23 heavy (non-hydrogen) atoms. The maximum absolute atomic E-state index is 13.2. The third-order valence-electron chi connectivity index (χ3n) is 3.18. The van der Waals surface area contributed by atoms with Gasteiger partial charge in [0, 0.05) is 16.7 Å². The summed E-state index contributed by atoms with van der Waals surface area (Å²) in [4.78, 5) is 23.6. The number of ether oxygens (including phenoxy) is 1. The van der Waals surface area contributed by atoms with E-state index in [2.05, 4.69) is 0 Å². The number of halogens is 4. The Hall–Kier alpha value is -2.34. The smallest absolute Gasteiger partial charge is 0.418 e. The van der Waals surface area contributed by atoms with Gasteiger partial charge in [-0.2, -0.15) is 13.2 Å². The third kappa shape index (κ3) is 3.37. The Kier molecular flexibility index (Phi) is 4.75. The maximum atomic E-state index is 13.2. The normalized spacial score (nSPS) is 11.2. The van der Waals surface area contributed by atoms with Crippen molar-refractivity contribution in [2.75, 3.05) is 7.11 Å². The topological polar surface area (TPSA) is 43.4 Å². The van der Waals surface area contributed by atoms with E-state index in [1.165, 1.54) is 31.4 Å². The van der Waals surface area contributed by atoms with Crippen molar-refractivity contribution in [3.63, 3.8) is 0 Å². The summed E-state index contributed by atoms with van der Waals surface area (Å²) in [5.41, 5.74) is -2.46. The molecule has 0 bridgehead atoms. The van der Waals surface area contributed by atoms with Gasteiger partial charge < -0.3 is 4.74 Å². The van der Waals surface area contributed by atoms with Crippen LogP contribution in [0.2, 0.25) is 5.02 Å². The second kappa shape index (κ2) is 6.42. The highest BCUT2D eigenvalue weighted by Crippen LogP contribution is 2.39. The van der Waals surface area contributed by atoms with E-state index in [0.717, 1.165) is 12.1 Å². The van der Waals surface area contributed by atoms with Gasteiger partial charge in [0.05, 0.1) is 17.7 Å². The Morgan fingerprint density at radius 2 is 1.74 bits per heavy atom. The lowest BCUT2D eigenvalue weighted by Crippen LogP contribution is -2.17. The number of carbonyl (C=O) groups excluding carboxylic acids is 2. The van der Waals surface area contributed by atoms with Gasteiger partial charge >= 0.3 is 6.18 Å². The SMILES string of the molecule is COc1ccc(C(=O)c2c(C=O)ccc(Cl)c2C(F)(F)F)cc1. The number of aldehydes is 1. The predicted octanol–water partition coefficient (Wildman–Crippen LogP) is 4.41. The van der Waals surface area contributed by atoms with Crippen molar-refractivity contribution >= 4 is 23.7 Å². The summed E-state index contributed by atoms with van der Waals surface area (Å²) in [6.07, 6.45) is -4.67. The first-order valence-electron chi connectivity index (χ1n) is 6.33. The zero-order valence-electron chi connectivity index (χ0n) is 11.8. The van der Waals surface area contributed by atoms with Crippen LogP contribution in [0.3, 0.4) is 0 Å². The highest BCUT2D eigenvalue weighted by Gasteiger charge is 2.39. The summed E-state index contributed by atoms with van der Waals surface area (Å²) in [7, 11) is 1.42. The summed E-state index contributed by atoms with van der Waals surface area (Å²) >= 11 is 5.61. The van der Waals surface area contributed by atoms with E-state index in [1.807, 2.05) is 0 Å². The molecule has 0 aliphatic heterocycles. The lowest BCUT2D eigenvalue weighted by Gasteiger charge is -2.15. The van der Waals surface area contributed by atoms with Gasteiger partial charge in [0.15, 0.2) is 12.1 Å². The fraction of sp³-hybridized carbons (Fsp3) is 0.125. The number of hydrogen-bond acceptors (Lipinski definition) is 3. The Morgan fingerprint density at radius 3 is 2.22 bits per heavy atom. The number of alkyl halides is 3. The van der Waals surface area contributed by atoms with Crippen molar-refractivity contribution in [1.29, 1.82) is 0 Å². The lowest BCUT2D eigenvalue weighted by molar-refractivity contribution is -0.137. The average Bonchev–Trinajstić information content (AvgIpc) is 2.52. The predicted molar refractivity (Wildman–Crippen MR) is 78.3 cm³/mol. The molecule has 7 heteroatoms. The molecule has 3 nitrogen and oxygen atoms in total. The summed E-state index contributed by atoms with van der Waals surface area (Å²) in [6.45, 7) is 0.